The molecule has 1 aliphatic carbocycles. The van der Waals surface area contributed by atoms with Crippen molar-refractivity contribution in [1.82, 2.24) is 10.2 Å². The van der Waals surface area contributed by atoms with E-state index in [0.717, 1.165) is 39.0 Å². The van der Waals surface area contributed by atoms with Crippen molar-refractivity contribution in [2.75, 3.05) is 26.2 Å². The lowest BCUT2D eigenvalue weighted by molar-refractivity contribution is -0.126. The van der Waals surface area contributed by atoms with Gasteiger partial charge in [0.25, 0.3) is 5.91 Å². The number of carbonyl (C=O) groups is 1. The second-order valence-corrected chi connectivity index (χ2v) is 8.12. The Kier molecular flexibility index (Phi) is 4.08. The average molecular weight is 319 g/mol. The minimum atomic E-state index is -0.246. The molecule has 2 spiro atoms. The quantitative estimate of drug-likeness (QED) is 0.808. The van der Waals surface area contributed by atoms with E-state index >= 15 is 0 Å². The summed E-state index contributed by atoms with van der Waals surface area (Å²) in [6.07, 6.45) is 12.0. The van der Waals surface area contributed by atoms with Crippen LogP contribution in [0, 0.1) is 5.41 Å². The topological polar surface area (TPSA) is 53.9 Å². The number of nitrogens with zero attached hydrogens (tertiary/aromatic N) is 2. The highest BCUT2D eigenvalue weighted by atomic mass is 16.7. The highest BCUT2D eigenvalue weighted by Crippen LogP contribution is 2.44. The minimum absolute atomic E-state index is 0.123. The van der Waals surface area contributed by atoms with Crippen LogP contribution in [0.1, 0.15) is 64.2 Å². The number of carbonyl (C=O) groups excluding carboxylic acids is 1. The smallest absolute Gasteiger partial charge is 0.271 e. The van der Waals surface area contributed by atoms with E-state index < -0.39 is 0 Å². The molecule has 0 aromatic rings. The molecule has 1 saturated carbocycles. The zero-order valence-corrected chi connectivity index (χ0v) is 14.1. The van der Waals surface area contributed by atoms with Crippen molar-refractivity contribution in [3.63, 3.8) is 0 Å². The lowest BCUT2D eigenvalue weighted by Gasteiger charge is -2.44. The van der Waals surface area contributed by atoms with Crippen molar-refractivity contribution in [1.29, 1.82) is 0 Å². The van der Waals surface area contributed by atoms with Gasteiger partial charge < -0.3 is 15.1 Å². The van der Waals surface area contributed by atoms with Crippen LogP contribution < -0.4 is 5.32 Å². The number of nitrogens with one attached hydrogen (secondary N) is 1. The first-order valence-electron chi connectivity index (χ1n) is 9.46. The van der Waals surface area contributed by atoms with E-state index in [-0.39, 0.29) is 11.5 Å². The van der Waals surface area contributed by atoms with Crippen LogP contribution in [-0.2, 0) is 9.63 Å². The van der Waals surface area contributed by atoms with Gasteiger partial charge in [0.2, 0.25) is 0 Å². The number of hydrogen-bond acceptors (Lipinski definition) is 4. The Hall–Kier alpha value is -1.10. The monoisotopic (exact) mass is 319 g/mol. The molecule has 3 fully saturated rings. The fourth-order valence-corrected chi connectivity index (χ4v) is 4.97. The molecule has 0 aromatic carbocycles. The van der Waals surface area contributed by atoms with Gasteiger partial charge in [-0.2, -0.15) is 0 Å². The van der Waals surface area contributed by atoms with Crippen LogP contribution in [0.3, 0.4) is 0 Å². The van der Waals surface area contributed by atoms with Crippen molar-refractivity contribution in [3.05, 3.63) is 0 Å². The number of amides is 1. The maximum Gasteiger partial charge on any atom is 0.271 e. The Bertz CT molecular complexity index is 480. The highest BCUT2D eigenvalue weighted by Gasteiger charge is 2.44. The van der Waals surface area contributed by atoms with Gasteiger partial charge in [-0.05, 0) is 50.5 Å². The molecular weight excluding hydrogens is 290 g/mol. The van der Waals surface area contributed by atoms with Crippen molar-refractivity contribution in [2.45, 2.75) is 69.8 Å². The van der Waals surface area contributed by atoms with E-state index in [4.69, 9.17) is 4.84 Å². The number of piperidine rings is 2. The van der Waals surface area contributed by atoms with Gasteiger partial charge in [0.1, 0.15) is 5.71 Å². The molecule has 0 aromatic heterocycles. The van der Waals surface area contributed by atoms with Gasteiger partial charge in [-0.3, -0.25) is 4.79 Å². The molecule has 2 saturated heterocycles. The first kappa shape index (κ1) is 15.4. The normalized spacial score (nSPS) is 33.6. The Morgan fingerprint density at radius 2 is 1.83 bits per heavy atom. The number of hydrogen-bond donors (Lipinski definition) is 1. The summed E-state index contributed by atoms with van der Waals surface area (Å²) in [5.74, 6) is 0.123. The maximum atomic E-state index is 12.8. The molecule has 1 N–H and O–H groups in total. The summed E-state index contributed by atoms with van der Waals surface area (Å²) in [5.41, 5.74) is 0.939. The highest BCUT2D eigenvalue weighted by molar-refractivity contribution is 6.39. The van der Waals surface area contributed by atoms with Crippen LogP contribution in [0.4, 0.5) is 0 Å². The second-order valence-electron chi connectivity index (χ2n) is 8.12. The molecule has 0 radical (unpaired) electrons. The summed E-state index contributed by atoms with van der Waals surface area (Å²) < 4.78 is 0. The van der Waals surface area contributed by atoms with E-state index in [2.05, 4.69) is 10.5 Å². The molecule has 23 heavy (non-hydrogen) atoms. The Labute approximate surface area is 138 Å². The number of likely N-dealkylation sites (tertiary alicyclic amines) is 1. The van der Waals surface area contributed by atoms with Gasteiger partial charge >= 0.3 is 0 Å². The summed E-state index contributed by atoms with van der Waals surface area (Å²) >= 11 is 0. The van der Waals surface area contributed by atoms with Crippen LogP contribution in [0.5, 0.6) is 0 Å². The molecule has 128 valence electrons. The zero-order chi connectivity index (χ0) is 15.8. The predicted octanol–water partition coefficient (Wildman–Crippen LogP) is 2.46. The standard InChI is InChI=1S/C18H29N3O2/c22-16(15-13-18(23-20-15)7-4-10-19-14-18)21-11-8-17(9-12-21)5-2-1-3-6-17/h19H,1-14H2. The third kappa shape index (κ3) is 3.00. The second kappa shape index (κ2) is 6.08. The summed E-state index contributed by atoms with van der Waals surface area (Å²) in [7, 11) is 0. The Balaban J connectivity index is 1.34. The van der Waals surface area contributed by atoms with E-state index in [1.54, 1.807) is 0 Å². The van der Waals surface area contributed by atoms with Gasteiger partial charge in [0.15, 0.2) is 5.60 Å². The first-order valence-corrected chi connectivity index (χ1v) is 9.46. The van der Waals surface area contributed by atoms with Crippen LogP contribution in [0.2, 0.25) is 0 Å². The van der Waals surface area contributed by atoms with Gasteiger partial charge in [-0.1, -0.05) is 24.4 Å². The van der Waals surface area contributed by atoms with Crippen LogP contribution in [-0.4, -0.2) is 48.3 Å². The molecule has 3 aliphatic heterocycles. The van der Waals surface area contributed by atoms with Crippen LogP contribution in [0.15, 0.2) is 5.16 Å². The van der Waals surface area contributed by atoms with E-state index in [9.17, 15) is 4.79 Å². The number of rotatable bonds is 1. The zero-order valence-electron chi connectivity index (χ0n) is 14.1. The third-order valence-corrected chi connectivity index (χ3v) is 6.54. The molecule has 1 atom stereocenters. The fraction of sp³-hybridized carbons (Fsp3) is 0.889. The van der Waals surface area contributed by atoms with Gasteiger partial charge in [-0.15, -0.1) is 0 Å². The van der Waals surface area contributed by atoms with Crippen LogP contribution >= 0.6 is 0 Å². The molecule has 1 unspecified atom stereocenters. The average Bonchev–Trinajstić information content (AvgIpc) is 3.00. The SMILES string of the molecule is O=C(C1=NOC2(CCCNC2)C1)N1CCC2(CCCCC2)CC1. The van der Waals surface area contributed by atoms with Crippen molar-refractivity contribution in [3.8, 4) is 0 Å². The lowest BCUT2D eigenvalue weighted by atomic mass is 9.68. The third-order valence-electron chi connectivity index (χ3n) is 6.54. The number of oxime groups is 1. The Morgan fingerprint density at radius 1 is 1.04 bits per heavy atom. The molecule has 3 heterocycles. The largest absolute Gasteiger partial charge is 0.387 e. The first-order chi connectivity index (χ1) is 11.2. The van der Waals surface area contributed by atoms with Gasteiger partial charge in [0, 0.05) is 26.1 Å². The Morgan fingerprint density at radius 3 is 2.52 bits per heavy atom. The van der Waals surface area contributed by atoms with Crippen molar-refractivity contribution < 1.29 is 9.63 Å². The lowest BCUT2D eigenvalue weighted by Crippen LogP contribution is -2.48. The van der Waals surface area contributed by atoms with E-state index in [1.165, 1.54) is 44.9 Å². The van der Waals surface area contributed by atoms with E-state index in [1.807, 2.05) is 4.90 Å². The summed E-state index contributed by atoms with van der Waals surface area (Å²) in [5, 5.41) is 7.55. The maximum absolute atomic E-state index is 12.8. The fourth-order valence-electron chi connectivity index (χ4n) is 4.97. The van der Waals surface area contributed by atoms with E-state index in [0.29, 0.717) is 17.5 Å². The summed E-state index contributed by atoms with van der Waals surface area (Å²) in [6.45, 7) is 3.67. The summed E-state index contributed by atoms with van der Waals surface area (Å²) in [4.78, 5) is 20.5. The summed E-state index contributed by atoms with van der Waals surface area (Å²) in [6, 6.07) is 0. The van der Waals surface area contributed by atoms with Crippen molar-refractivity contribution in [2.24, 2.45) is 10.6 Å². The molecule has 4 aliphatic rings. The van der Waals surface area contributed by atoms with Gasteiger partial charge in [-0.25, -0.2) is 0 Å². The minimum Gasteiger partial charge on any atom is -0.387 e. The van der Waals surface area contributed by atoms with Gasteiger partial charge in [0.05, 0.1) is 0 Å². The predicted molar refractivity (Wildman–Crippen MR) is 89.3 cm³/mol. The van der Waals surface area contributed by atoms with Crippen molar-refractivity contribution >= 4 is 11.6 Å². The molecule has 5 nitrogen and oxygen atoms in total. The molecule has 1 amide bonds. The molecule has 4 rings (SSSR count). The molecular formula is C18H29N3O2. The molecule has 0 bridgehead atoms. The molecule has 5 heteroatoms. The van der Waals surface area contributed by atoms with Crippen LogP contribution in [0.25, 0.3) is 0 Å².